The Hall–Kier alpha value is -1.60. The molecule has 0 saturated heterocycles. The molecule has 0 bridgehead atoms. The number of ketones is 1. The van der Waals surface area contributed by atoms with Crippen molar-refractivity contribution in [3.63, 3.8) is 0 Å². The average molecular weight is 433 g/mol. The fourth-order valence-electron chi connectivity index (χ4n) is 3.49. The predicted octanol–water partition coefficient (Wildman–Crippen LogP) is 4.95. The summed E-state index contributed by atoms with van der Waals surface area (Å²) >= 11 is 5.23. The minimum Gasteiger partial charge on any atom is -0.328 e. The van der Waals surface area contributed by atoms with Crippen LogP contribution in [0.3, 0.4) is 0 Å². The lowest BCUT2D eigenvalue weighted by Crippen LogP contribution is -2.31. The summed E-state index contributed by atoms with van der Waals surface area (Å²) in [5, 5.41) is 8.89. The quantitative estimate of drug-likeness (QED) is 0.534. The van der Waals surface area contributed by atoms with Crippen LogP contribution in [0.4, 0.5) is 5.95 Å². The van der Waals surface area contributed by atoms with Crippen LogP contribution in [0.2, 0.25) is 0 Å². The fraction of sp³-hybridized carbons (Fsp3) is 0.421. The van der Waals surface area contributed by atoms with Crippen molar-refractivity contribution in [3.8, 4) is 0 Å². The van der Waals surface area contributed by atoms with Crippen LogP contribution < -0.4 is 5.32 Å². The van der Waals surface area contributed by atoms with Gasteiger partial charge < -0.3 is 5.32 Å². The monoisotopic (exact) mass is 432 g/mol. The molecule has 2 aromatic rings. The third-order valence-electron chi connectivity index (χ3n) is 4.74. The zero-order valence-electron chi connectivity index (χ0n) is 14.7. The van der Waals surface area contributed by atoms with E-state index in [1.165, 1.54) is 0 Å². The Morgan fingerprint density at radius 2 is 2.27 bits per heavy atom. The Morgan fingerprint density at radius 1 is 1.38 bits per heavy atom. The van der Waals surface area contributed by atoms with Crippen molar-refractivity contribution in [2.24, 2.45) is 0 Å². The highest BCUT2D eigenvalue weighted by molar-refractivity contribution is 9.10. The number of aromatic nitrogens is 3. The largest absolute Gasteiger partial charge is 0.328 e. The summed E-state index contributed by atoms with van der Waals surface area (Å²) in [6.07, 6.45) is 4.68. The Labute approximate surface area is 165 Å². The smallest absolute Gasteiger partial charge is 0.227 e. The second-order valence-electron chi connectivity index (χ2n) is 6.62. The highest BCUT2D eigenvalue weighted by Crippen LogP contribution is 2.41. The molecule has 0 spiro atoms. The summed E-state index contributed by atoms with van der Waals surface area (Å²) in [7, 11) is 0. The minimum atomic E-state index is -0.209. The SMILES string of the molecule is CCCCSc1nc2n(n1)[C@H](c1cccc(Br)c1)C1=C(CCCC1=O)N2. The lowest BCUT2D eigenvalue weighted by Gasteiger charge is -2.32. The van der Waals surface area contributed by atoms with Crippen molar-refractivity contribution < 1.29 is 4.79 Å². The highest BCUT2D eigenvalue weighted by Gasteiger charge is 2.36. The lowest BCUT2D eigenvalue weighted by molar-refractivity contribution is -0.116. The molecule has 2 aliphatic rings. The first-order chi connectivity index (χ1) is 12.7. The zero-order chi connectivity index (χ0) is 18.1. The molecule has 2 heterocycles. The number of carbonyl (C=O) groups excluding carboxylic acids is 1. The summed E-state index contributed by atoms with van der Waals surface area (Å²) in [6, 6.07) is 7.92. The number of nitrogens with one attached hydrogen (secondary N) is 1. The van der Waals surface area contributed by atoms with E-state index in [4.69, 9.17) is 5.10 Å². The molecule has 0 amide bonds. The number of fused-ring (bicyclic) bond motifs is 1. The van der Waals surface area contributed by atoms with Gasteiger partial charge in [0.05, 0.1) is 0 Å². The summed E-state index contributed by atoms with van der Waals surface area (Å²) in [5.41, 5.74) is 2.91. The van der Waals surface area contributed by atoms with Crippen LogP contribution in [0.25, 0.3) is 0 Å². The van der Waals surface area contributed by atoms with Gasteiger partial charge in [-0.15, -0.1) is 5.10 Å². The van der Waals surface area contributed by atoms with E-state index < -0.39 is 0 Å². The lowest BCUT2D eigenvalue weighted by atomic mass is 9.85. The molecular formula is C19H21BrN4OS. The summed E-state index contributed by atoms with van der Waals surface area (Å²) in [5.74, 6) is 1.96. The van der Waals surface area contributed by atoms with E-state index in [2.05, 4.69) is 45.3 Å². The molecule has 0 unspecified atom stereocenters. The number of hydrogen-bond donors (Lipinski definition) is 1. The Kier molecular flexibility index (Phi) is 5.18. The van der Waals surface area contributed by atoms with Gasteiger partial charge in [0.1, 0.15) is 6.04 Å². The molecule has 5 nitrogen and oxygen atoms in total. The number of anilines is 1. The first-order valence-electron chi connectivity index (χ1n) is 9.05. The topological polar surface area (TPSA) is 59.8 Å². The van der Waals surface area contributed by atoms with Crippen LogP contribution in [-0.2, 0) is 4.79 Å². The van der Waals surface area contributed by atoms with Gasteiger partial charge in [0, 0.05) is 27.9 Å². The fourth-order valence-corrected chi connectivity index (χ4v) is 4.82. The van der Waals surface area contributed by atoms with Crippen molar-refractivity contribution in [3.05, 3.63) is 45.6 Å². The molecule has 1 aliphatic heterocycles. The van der Waals surface area contributed by atoms with E-state index >= 15 is 0 Å². The number of rotatable bonds is 5. The maximum absolute atomic E-state index is 12.7. The number of unbranched alkanes of at least 4 members (excludes halogenated alkanes) is 1. The predicted molar refractivity (Wildman–Crippen MR) is 107 cm³/mol. The Morgan fingerprint density at radius 3 is 3.08 bits per heavy atom. The van der Waals surface area contributed by atoms with Gasteiger partial charge in [-0.05, 0) is 37.0 Å². The summed E-state index contributed by atoms with van der Waals surface area (Å²) in [6.45, 7) is 2.18. The van der Waals surface area contributed by atoms with Gasteiger partial charge in [-0.25, -0.2) is 4.68 Å². The second-order valence-corrected chi connectivity index (χ2v) is 8.59. The van der Waals surface area contributed by atoms with Crippen molar-refractivity contribution >= 4 is 39.4 Å². The second kappa shape index (κ2) is 7.56. The van der Waals surface area contributed by atoms with Crippen LogP contribution in [0.5, 0.6) is 0 Å². The molecule has 7 heteroatoms. The van der Waals surface area contributed by atoms with Gasteiger partial charge in [-0.1, -0.05) is 53.2 Å². The van der Waals surface area contributed by atoms with Crippen molar-refractivity contribution in [1.29, 1.82) is 0 Å². The van der Waals surface area contributed by atoms with Crippen molar-refractivity contribution in [2.75, 3.05) is 11.1 Å². The van der Waals surface area contributed by atoms with Crippen LogP contribution in [-0.4, -0.2) is 26.3 Å². The number of thioether (sulfide) groups is 1. The van der Waals surface area contributed by atoms with Gasteiger partial charge in [-0.3, -0.25) is 4.79 Å². The minimum absolute atomic E-state index is 0.209. The van der Waals surface area contributed by atoms with Crippen LogP contribution in [0.1, 0.15) is 50.6 Å². The number of carbonyl (C=O) groups is 1. The van der Waals surface area contributed by atoms with E-state index in [0.717, 1.165) is 63.8 Å². The highest BCUT2D eigenvalue weighted by atomic mass is 79.9. The summed E-state index contributed by atoms with van der Waals surface area (Å²) in [4.78, 5) is 17.4. The number of hydrogen-bond acceptors (Lipinski definition) is 5. The summed E-state index contributed by atoms with van der Waals surface area (Å²) < 4.78 is 2.89. The molecule has 1 aromatic heterocycles. The molecule has 136 valence electrons. The van der Waals surface area contributed by atoms with Crippen molar-refractivity contribution in [2.45, 2.75) is 50.2 Å². The van der Waals surface area contributed by atoms with E-state index in [1.54, 1.807) is 11.8 Å². The maximum atomic E-state index is 12.7. The number of nitrogens with zero attached hydrogens (tertiary/aromatic N) is 3. The van der Waals surface area contributed by atoms with Crippen molar-refractivity contribution in [1.82, 2.24) is 14.8 Å². The van der Waals surface area contributed by atoms with Crippen LogP contribution in [0.15, 0.2) is 45.2 Å². The third kappa shape index (κ3) is 3.34. The van der Waals surface area contributed by atoms with Crippen LogP contribution in [0, 0.1) is 0 Å². The van der Waals surface area contributed by atoms with Gasteiger partial charge in [0.15, 0.2) is 5.78 Å². The van der Waals surface area contributed by atoms with E-state index in [-0.39, 0.29) is 11.8 Å². The van der Waals surface area contributed by atoms with Gasteiger partial charge in [0.25, 0.3) is 0 Å². The standard InChI is InChI=1S/C19H21BrN4OS/c1-2-3-10-26-19-22-18-21-14-8-5-9-15(25)16(14)17(24(18)23-19)12-6-4-7-13(20)11-12/h4,6-7,11,17H,2-3,5,8-10H2,1H3,(H,21,22,23)/t17-/m1/s1. The van der Waals surface area contributed by atoms with Gasteiger partial charge in [0.2, 0.25) is 11.1 Å². The van der Waals surface area contributed by atoms with Gasteiger partial charge >= 0.3 is 0 Å². The maximum Gasteiger partial charge on any atom is 0.227 e. The normalized spacial score (nSPS) is 19.2. The molecule has 1 N–H and O–H groups in total. The molecule has 26 heavy (non-hydrogen) atoms. The average Bonchev–Trinajstić information content (AvgIpc) is 3.02. The number of allylic oxidation sites excluding steroid dienone is 2. The molecule has 1 aliphatic carbocycles. The van der Waals surface area contributed by atoms with E-state index in [1.807, 2.05) is 16.8 Å². The third-order valence-corrected chi connectivity index (χ3v) is 6.16. The Bertz CT molecular complexity index is 876. The van der Waals surface area contributed by atoms with Crippen LogP contribution >= 0.6 is 27.7 Å². The molecule has 0 radical (unpaired) electrons. The molecule has 0 fully saturated rings. The number of halogens is 1. The van der Waals surface area contributed by atoms with Gasteiger partial charge in [-0.2, -0.15) is 4.98 Å². The number of benzene rings is 1. The molecule has 1 atom stereocenters. The first-order valence-corrected chi connectivity index (χ1v) is 10.8. The molecule has 4 rings (SSSR count). The first kappa shape index (κ1) is 17.8. The van der Waals surface area contributed by atoms with E-state index in [9.17, 15) is 4.79 Å². The molecule has 1 aromatic carbocycles. The zero-order valence-corrected chi connectivity index (χ0v) is 17.1. The molecule has 0 saturated carbocycles. The Balaban J connectivity index is 1.77. The van der Waals surface area contributed by atoms with E-state index in [0.29, 0.717) is 6.42 Å². The number of Topliss-reactive ketones (excluding diaryl/α,β-unsaturated/α-hetero) is 1. The molecular weight excluding hydrogens is 412 g/mol.